The van der Waals surface area contributed by atoms with Gasteiger partial charge in [-0.25, -0.2) is 8.42 Å². The van der Waals surface area contributed by atoms with Crippen LogP contribution in [0, 0.1) is 0 Å². The lowest BCUT2D eigenvalue weighted by atomic mass is 10.4. The van der Waals surface area contributed by atoms with E-state index < -0.39 is 9.84 Å². The van der Waals surface area contributed by atoms with E-state index in [0.29, 0.717) is 24.1 Å². The fraction of sp³-hybridized carbons (Fsp3) is 0.353. The van der Waals surface area contributed by atoms with Gasteiger partial charge in [-0.15, -0.1) is 16.8 Å². The summed E-state index contributed by atoms with van der Waals surface area (Å²) in [5.41, 5.74) is 0. The number of thioether (sulfide) groups is 1. The number of ether oxygens (including phenoxy) is 1. The number of nitrogens with zero attached hydrogens (tertiary/aromatic N) is 3. The number of allylic oxidation sites excluding steroid dienone is 1. The number of aromatic nitrogens is 3. The molecule has 0 saturated heterocycles. The van der Waals surface area contributed by atoms with Crippen molar-refractivity contribution in [2.45, 2.75) is 35.7 Å². The summed E-state index contributed by atoms with van der Waals surface area (Å²) in [6.07, 6.45) is 2.38. The van der Waals surface area contributed by atoms with E-state index in [1.54, 1.807) is 41.0 Å². The number of sulfone groups is 1. The molecule has 0 radical (unpaired) electrons. The first-order valence-electron chi connectivity index (χ1n) is 8.07. The summed E-state index contributed by atoms with van der Waals surface area (Å²) in [5, 5.41) is 8.47. The second-order valence-corrected chi connectivity index (χ2v) is 8.31. The Morgan fingerprint density at radius 1 is 1.31 bits per heavy atom. The van der Waals surface area contributed by atoms with Gasteiger partial charge in [0.25, 0.3) is 0 Å². The number of esters is 1. The summed E-state index contributed by atoms with van der Waals surface area (Å²) in [6.45, 7) is 6.32. The summed E-state index contributed by atoms with van der Waals surface area (Å²) in [6, 6.07) is 8.19. The molecule has 0 saturated carbocycles. The number of carbonyl (C=O) groups excluding carboxylic acids is 1. The van der Waals surface area contributed by atoms with Gasteiger partial charge in [-0.1, -0.05) is 43.0 Å². The number of carbonyl (C=O) groups is 1. The van der Waals surface area contributed by atoms with Crippen LogP contribution in [-0.4, -0.2) is 41.5 Å². The van der Waals surface area contributed by atoms with Gasteiger partial charge < -0.3 is 9.30 Å². The molecule has 0 aliphatic heterocycles. The van der Waals surface area contributed by atoms with Crippen LogP contribution in [-0.2, 0) is 31.7 Å². The zero-order valence-electron chi connectivity index (χ0n) is 14.5. The van der Waals surface area contributed by atoms with Crippen LogP contribution < -0.4 is 0 Å². The van der Waals surface area contributed by atoms with Crippen LogP contribution in [0.15, 0.2) is 53.0 Å². The highest BCUT2D eigenvalue weighted by Crippen LogP contribution is 2.21. The molecule has 0 N–H and O–H groups in total. The van der Waals surface area contributed by atoms with E-state index in [9.17, 15) is 13.2 Å². The lowest BCUT2D eigenvalue weighted by molar-refractivity contribution is -0.140. The minimum atomic E-state index is -3.54. The first-order valence-corrected chi connectivity index (χ1v) is 10.7. The summed E-state index contributed by atoms with van der Waals surface area (Å²) in [5.74, 6) is -0.235. The van der Waals surface area contributed by atoms with Crippen molar-refractivity contribution < 1.29 is 17.9 Å². The quantitative estimate of drug-likeness (QED) is 0.347. The average Bonchev–Trinajstić information content (AvgIpc) is 3.00. The summed E-state index contributed by atoms with van der Waals surface area (Å²) < 4.78 is 31.8. The van der Waals surface area contributed by atoms with Gasteiger partial charge in [-0.05, 0) is 18.6 Å². The predicted octanol–water partition coefficient (Wildman–Crippen LogP) is 2.48. The molecule has 1 aromatic carbocycles. The van der Waals surface area contributed by atoms with Crippen molar-refractivity contribution in [2.75, 3.05) is 12.4 Å². The number of hydrogen-bond acceptors (Lipinski definition) is 7. The van der Waals surface area contributed by atoms with Crippen LogP contribution in [0.2, 0.25) is 0 Å². The number of hydrogen-bond donors (Lipinski definition) is 0. The van der Waals surface area contributed by atoms with E-state index in [4.69, 9.17) is 4.74 Å². The Labute approximate surface area is 157 Å². The molecule has 0 amide bonds. The van der Waals surface area contributed by atoms with Gasteiger partial charge in [-0.2, -0.15) is 0 Å². The lowest BCUT2D eigenvalue weighted by Gasteiger charge is -2.08. The van der Waals surface area contributed by atoms with Crippen molar-refractivity contribution in [3.05, 3.63) is 48.8 Å². The molecular weight excluding hydrogens is 374 g/mol. The topological polar surface area (TPSA) is 91.1 Å². The monoisotopic (exact) mass is 395 g/mol. The van der Waals surface area contributed by atoms with Crippen LogP contribution in [0.5, 0.6) is 0 Å². The van der Waals surface area contributed by atoms with Gasteiger partial charge >= 0.3 is 5.97 Å². The lowest BCUT2D eigenvalue weighted by Crippen LogP contribution is -2.12. The van der Waals surface area contributed by atoms with E-state index in [2.05, 4.69) is 16.8 Å². The van der Waals surface area contributed by atoms with E-state index in [0.717, 1.165) is 18.2 Å². The highest BCUT2D eigenvalue weighted by molar-refractivity contribution is 7.99. The number of rotatable bonds is 10. The molecule has 7 nitrogen and oxygen atoms in total. The Balaban J connectivity index is 2.15. The third-order valence-corrected chi connectivity index (χ3v) is 5.88. The summed E-state index contributed by atoms with van der Waals surface area (Å²) in [4.78, 5) is 11.9. The molecule has 0 aliphatic carbocycles. The Hall–Kier alpha value is -2.13. The minimum Gasteiger partial charge on any atom is -0.465 e. The Kier molecular flexibility index (Phi) is 7.40. The summed E-state index contributed by atoms with van der Waals surface area (Å²) in [7, 11) is -3.54. The maximum Gasteiger partial charge on any atom is 0.316 e. The van der Waals surface area contributed by atoms with Crippen LogP contribution in [0.25, 0.3) is 0 Å². The van der Waals surface area contributed by atoms with Gasteiger partial charge in [-0.3, -0.25) is 4.79 Å². The predicted molar refractivity (Wildman–Crippen MR) is 99.5 cm³/mol. The molecule has 0 spiro atoms. The maximum absolute atomic E-state index is 12.6. The van der Waals surface area contributed by atoms with Gasteiger partial charge in [0.1, 0.15) is 11.6 Å². The fourth-order valence-corrected chi connectivity index (χ4v) is 4.16. The molecule has 0 atom stereocenters. The standard InChI is InChI=1S/C17H21N3O4S2/c1-3-10-20-15(13-26(22,23)14-8-6-5-7-9-14)18-19-17(20)25-12-16(21)24-11-4-2/h3,5-9H,1,4,10-13H2,2H3. The molecule has 9 heteroatoms. The molecule has 26 heavy (non-hydrogen) atoms. The van der Waals surface area contributed by atoms with Crippen LogP contribution in [0.3, 0.4) is 0 Å². The Morgan fingerprint density at radius 3 is 2.69 bits per heavy atom. The molecule has 1 heterocycles. The molecule has 0 bridgehead atoms. The van der Waals surface area contributed by atoms with Crippen LogP contribution >= 0.6 is 11.8 Å². The molecular formula is C17H21N3O4S2. The van der Waals surface area contributed by atoms with Crippen LogP contribution in [0.1, 0.15) is 19.2 Å². The molecule has 0 aliphatic rings. The van der Waals surface area contributed by atoms with Gasteiger partial charge in [0.15, 0.2) is 15.0 Å². The van der Waals surface area contributed by atoms with E-state index >= 15 is 0 Å². The largest absolute Gasteiger partial charge is 0.465 e. The van der Waals surface area contributed by atoms with Gasteiger partial charge in [0, 0.05) is 6.54 Å². The molecule has 2 rings (SSSR count). The second kappa shape index (κ2) is 9.54. The highest BCUT2D eigenvalue weighted by Gasteiger charge is 2.21. The molecule has 2 aromatic rings. The molecule has 0 unspecified atom stereocenters. The first kappa shape index (κ1) is 20.2. The highest BCUT2D eigenvalue weighted by atomic mass is 32.2. The van der Waals surface area contributed by atoms with E-state index in [-0.39, 0.29) is 22.4 Å². The average molecular weight is 396 g/mol. The Bertz CT molecular complexity index is 848. The smallest absolute Gasteiger partial charge is 0.316 e. The first-order chi connectivity index (χ1) is 12.5. The third-order valence-electron chi connectivity index (χ3n) is 3.31. The van der Waals surface area contributed by atoms with Crippen LogP contribution in [0.4, 0.5) is 0 Å². The van der Waals surface area contributed by atoms with E-state index in [1.165, 1.54) is 0 Å². The van der Waals surface area contributed by atoms with Gasteiger partial charge in [0.05, 0.1) is 17.3 Å². The zero-order chi connectivity index (χ0) is 19.0. The van der Waals surface area contributed by atoms with Crippen molar-refractivity contribution in [3.8, 4) is 0 Å². The zero-order valence-corrected chi connectivity index (χ0v) is 16.1. The summed E-state index contributed by atoms with van der Waals surface area (Å²) >= 11 is 1.16. The second-order valence-electron chi connectivity index (χ2n) is 5.38. The SMILES string of the molecule is C=CCn1c(CS(=O)(=O)c2ccccc2)nnc1SCC(=O)OCCC. The van der Waals surface area contributed by atoms with E-state index in [1.807, 2.05) is 6.92 Å². The number of benzene rings is 1. The van der Waals surface area contributed by atoms with Crippen molar-refractivity contribution >= 4 is 27.6 Å². The fourth-order valence-electron chi connectivity index (χ4n) is 2.11. The molecule has 140 valence electrons. The third kappa shape index (κ3) is 5.43. The molecule has 1 aromatic heterocycles. The van der Waals surface area contributed by atoms with Crippen molar-refractivity contribution in [1.82, 2.24) is 14.8 Å². The van der Waals surface area contributed by atoms with Crippen molar-refractivity contribution in [3.63, 3.8) is 0 Å². The normalized spacial score (nSPS) is 11.3. The molecule has 0 fully saturated rings. The van der Waals surface area contributed by atoms with Crippen molar-refractivity contribution in [2.24, 2.45) is 0 Å². The minimum absolute atomic E-state index is 0.0840. The maximum atomic E-state index is 12.6. The Morgan fingerprint density at radius 2 is 2.04 bits per heavy atom. The van der Waals surface area contributed by atoms with Gasteiger partial charge in [0.2, 0.25) is 0 Å². The van der Waals surface area contributed by atoms with Crippen molar-refractivity contribution in [1.29, 1.82) is 0 Å².